The molecule has 0 saturated carbocycles. The van der Waals surface area contributed by atoms with E-state index >= 15 is 0 Å². The maximum Gasteiger partial charge on any atom is 0.319 e. The SMILES string of the molecule is CCCn1ncnc1CNCC(=O)OC. The first-order valence-corrected chi connectivity index (χ1v) is 4.92. The molecule has 0 bridgehead atoms. The van der Waals surface area contributed by atoms with Crippen LogP contribution in [0.3, 0.4) is 0 Å². The van der Waals surface area contributed by atoms with Crippen LogP contribution in [0.4, 0.5) is 0 Å². The van der Waals surface area contributed by atoms with E-state index < -0.39 is 0 Å². The van der Waals surface area contributed by atoms with Gasteiger partial charge in [0.25, 0.3) is 0 Å². The zero-order chi connectivity index (χ0) is 11.1. The van der Waals surface area contributed by atoms with Crippen LogP contribution in [0.15, 0.2) is 6.33 Å². The second-order valence-corrected chi connectivity index (χ2v) is 3.08. The molecule has 0 aromatic carbocycles. The molecule has 0 aliphatic heterocycles. The van der Waals surface area contributed by atoms with Crippen molar-refractivity contribution in [1.82, 2.24) is 20.1 Å². The standard InChI is InChI=1S/C9H16N4O2/c1-3-4-13-8(11-7-12-13)5-10-6-9(14)15-2/h7,10H,3-6H2,1-2H3. The van der Waals surface area contributed by atoms with Gasteiger partial charge in [-0.1, -0.05) is 6.92 Å². The Kier molecular flexibility index (Phi) is 4.76. The molecule has 6 nitrogen and oxygen atoms in total. The minimum Gasteiger partial charge on any atom is -0.468 e. The van der Waals surface area contributed by atoms with Crippen molar-refractivity contribution >= 4 is 5.97 Å². The summed E-state index contributed by atoms with van der Waals surface area (Å²) in [6.07, 6.45) is 2.53. The van der Waals surface area contributed by atoms with Gasteiger partial charge in [-0.25, -0.2) is 9.67 Å². The predicted molar refractivity (Wildman–Crippen MR) is 54.0 cm³/mol. The van der Waals surface area contributed by atoms with Crippen molar-refractivity contribution in [1.29, 1.82) is 0 Å². The Morgan fingerprint density at radius 2 is 2.47 bits per heavy atom. The fourth-order valence-corrected chi connectivity index (χ4v) is 1.17. The van der Waals surface area contributed by atoms with Gasteiger partial charge in [0.2, 0.25) is 0 Å². The Labute approximate surface area is 88.6 Å². The molecule has 0 amide bonds. The monoisotopic (exact) mass is 212 g/mol. The Morgan fingerprint density at radius 3 is 3.13 bits per heavy atom. The van der Waals surface area contributed by atoms with Crippen LogP contribution in [0.2, 0.25) is 0 Å². The summed E-state index contributed by atoms with van der Waals surface area (Å²) in [5.41, 5.74) is 0. The van der Waals surface area contributed by atoms with Crippen LogP contribution in [-0.2, 0) is 22.6 Å². The third-order valence-electron chi connectivity index (χ3n) is 1.91. The number of rotatable bonds is 6. The molecule has 1 N–H and O–H groups in total. The van der Waals surface area contributed by atoms with Crippen LogP contribution in [0.1, 0.15) is 19.2 Å². The van der Waals surface area contributed by atoms with Crippen molar-refractivity contribution in [3.05, 3.63) is 12.2 Å². The number of carbonyl (C=O) groups excluding carboxylic acids is 1. The summed E-state index contributed by atoms with van der Waals surface area (Å²) in [7, 11) is 1.36. The molecule has 0 saturated heterocycles. The van der Waals surface area contributed by atoms with Crippen LogP contribution in [0.5, 0.6) is 0 Å². The molecule has 0 fully saturated rings. The number of ether oxygens (including phenoxy) is 1. The van der Waals surface area contributed by atoms with Crippen LogP contribution >= 0.6 is 0 Å². The highest BCUT2D eigenvalue weighted by molar-refractivity contribution is 5.71. The minimum atomic E-state index is -0.281. The number of methoxy groups -OCH3 is 1. The third kappa shape index (κ3) is 3.67. The molecular formula is C9H16N4O2. The summed E-state index contributed by atoms with van der Waals surface area (Å²) in [6.45, 7) is 3.63. The molecule has 6 heteroatoms. The molecule has 1 rings (SSSR count). The average molecular weight is 212 g/mol. The summed E-state index contributed by atoms with van der Waals surface area (Å²) in [4.78, 5) is 14.9. The smallest absolute Gasteiger partial charge is 0.319 e. The van der Waals surface area contributed by atoms with E-state index in [0.29, 0.717) is 6.54 Å². The van der Waals surface area contributed by atoms with Crippen molar-refractivity contribution in [2.24, 2.45) is 0 Å². The lowest BCUT2D eigenvalue weighted by molar-refractivity contribution is -0.139. The number of aromatic nitrogens is 3. The summed E-state index contributed by atoms with van der Waals surface area (Å²) >= 11 is 0. The number of carbonyl (C=O) groups is 1. The van der Waals surface area contributed by atoms with Crippen molar-refractivity contribution in [2.45, 2.75) is 26.4 Å². The van der Waals surface area contributed by atoms with Gasteiger partial charge in [-0.2, -0.15) is 5.10 Å². The van der Waals surface area contributed by atoms with Crippen LogP contribution in [-0.4, -0.2) is 34.4 Å². The third-order valence-corrected chi connectivity index (χ3v) is 1.91. The molecule has 15 heavy (non-hydrogen) atoms. The first-order chi connectivity index (χ1) is 7.27. The normalized spacial score (nSPS) is 10.3. The number of hydrogen-bond acceptors (Lipinski definition) is 5. The van der Waals surface area contributed by atoms with Gasteiger partial charge in [0.05, 0.1) is 20.2 Å². The Bertz CT molecular complexity index is 311. The summed E-state index contributed by atoms with van der Waals surface area (Å²) < 4.78 is 6.33. The first kappa shape index (κ1) is 11.6. The number of aryl methyl sites for hydroxylation is 1. The van der Waals surface area contributed by atoms with Gasteiger partial charge in [0.1, 0.15) is 12.2 Å². The Hall–Kier alpha value is -1.43. The van der Waals surface area contributed by atoms with Crippen LogP contribution in [0, 0.1) is 0 Å². The molecule has 0 aliphatic rings. The maximum atomic E-state index is 10.8. The van der Waals surface area contributed by atoms with E-state index in [-0.39, 0.29) is 12.5 Å². The summed E-state index contributed by atoms with van der Waals surface area (Å²) in [5, 5.41) is 7.01. The molecule has 84 valence electrons. The van der Waals surface area contributed by atoms with Gasteiger partial charge in [0, 0.05) is 6.54 Å². The molecule has 1 heterocycles. The van der Waals surface area contributed by atoms with E-state index in [1.54, 1.807) is 0 Å². The summed E-state index contributed by atoms with van der Waals surface area (Å²) in [5.74, 6) is 0.553. The van der Waals surface area contributed by atoms with Gasteiger partial charge in [-0.05, 0) is 6.42 Å². The van der Waals surface area contributed by atoms with E-state index in [1.807, 2.05) is 4.68 Å². The van der Waals surface area contributed by atoms with Gasteiger partial charge in [0.15, 0.2) is 0 Å². The number of esters is 1. The van der Waals surface area contributed by atoms with Gasteiger partial charge in [-0.15, -0.1) is 0 Å². The lowest BCUT2D eigenvalue weighted by Gasteiger charge is -2.05. The van der Waals surface area contributed by atoms with Gasteiger partial charge < -0.3 is 4.74 Å². The Morgan fingerprint density at radius 1 is 1.67 bits per heavy atom. The molecule has 0 unspecified atom stereocenters. The van der Waals surface area contributed by atoms with Gasteiger partial charge in [-0.3, -0.25) is 10.1 Å². The van der Waals surface area contributed by atoms with E-state index in [2.05, 4.69) is 27.1 Å². The predicted octanol–water partition coefficient (Wildman–Crippen LogP) is -0.0493. The molecular weight excluding hydrogens is 196 g/mol. The molecule has 0 atom stereocenters. The zero-order valence-electron chi connectivity index (χ0n) is 9.06. The lowest BCUT2D eigenvalue weighted by atomic mass is 10.4. The van der Waals surface area contributed by atoms with Crippen LogP contribution in [0.25, 0.3) is 0 Å². The van der Waals surface area contributed by atoms with E-state index in [0.717, 1.165) is 18.8 Å². The van der Waals surface area contributed by atoms with Crippen molar-refractivity contribution in [3.8, 4) is 0 Å². The quantitative estimate of drug-likeness (QED) is 0.669. The second kappa shape index (κ2) is 6.13. The topological polar surface area (TPSA) is 69.0 Å². The zero-order valence-corrected chi connectivity index (χ0v) is 9.06. The molecule has 1 aromatic rings. The fraction of sp³-hybridized carbons (Fsp3) is 0.667. The van der Waals surface area contributed by atoms with Gasteiger partial charge >= 0.3 is 5.97 Å². The molecule has 0 radical (unpaired) electrons. The lowest BCUT2D eigenvalue weighted by Crippen LogP contribution is -2.25. The summed E-state index contributed by atoms with van der Waals surface area (Å²) in [6, 6.07) is 0. The second-order valence-electron chi connectivity index (χ2n) is 3.08. The largest absolute Gasteiger partial charge is 0.468 e. The van der Waals surface area contributed by atoms with E-state index in [9.17, 15) is 4.79 Å². The molecule has 1 aromatic heterocycles. The molecule has 0 aliphatic carbocycles. The van der Waals surface area contributed by atoms with Crippen molar-refractivity contribution in [3.63, 3.8) is 0 Å². The van der Waals surface area contributed by atoms with Crippen molar-refractivity contribution < 1.29 is 9.53 Å². The van der Waals surface area contributed by atoms with Crippen molar-refractivity contribution in [2.75, 3.05) is 13.7 Å². The highest BCUT2D eigenvalue weighted by Gasteiger charge is 2.04. The number of nitrogens with one attached hydrogen (secondary N) is 1. The Balaban J connectivity index is 2.36. The molecule has 0 spiro atoms. The number of hydrogen-bond donors (Lipinski definition) is 1. The average Bonchev–Trinajstić information content (AvgIpc) is 2.66. The maximum absolute atomic E-state index is 10.8. The van der Waals surface area contributed by atoms with Crippen LogP contribution < -0.4 is 5.32 Å². The first-order valence-electron chi connectivity index (χ1n) is 4.92. The van der Waals surface area contributed by atoms with E-state index in [1.165, 1.54) is 13.4 Å². The highest BCUT2D eigenvalue weighted by atomic mass is 16.5. The number of nitrogens with zero attached hydrogens (tertiary/aromatic N) is 3. The fourth-order valence-electron chi connectivity index (χ4n) is 1.17. The minimum absolute atomic E-state index is 0.190. The van der Waals surface area contributed by atoms with E-state index in [4.69, 9.17) is 0 Å². The highest BCUT2D eigenvalue weighted by Crippen LogP contribution is 1.95.